The molecule has 0 aliphatic rings. The molecule has 122 valence electrons. The van der Waals surface area contributed by atoms with E-state index in [1.165, 1.54) is 35.9 Å². The standard InChI is InChI=1S/C18H14BrFN2O2/c1-10-3-5-16(15(19)7-10)21-18(24)14-9-22(11(2)23)17-6-4-12(20)8-13(14)17/h3-9H,1-2H3,(H,21,24). The van der Waals surface area contributed by atoms with Gasteiger partial charge in [0.1, 0.15) is 5.82 Å². The van der Waals surface area contributed by atoms with Gasteiger partial charge in [0.15, 0.2) is 0 Å². The molecule has 1 amide bonds. The average Bonchev–Trinajstić information content (AvgIpc) is 2.89. The highest BCUT2D eigenvalue weighted by Gasteiger charge is 2.18. The number of aryl methyl sites for hydroxylation is 1. The molecular weight excluding hydrogens is 375 g/mol. The summed E-state index contributed by atoms with van der Waals surface area (Å²) in [6.07, 6.45) is 1.43. The molecule has 0 bridgehead atoms. The Morgan fingerprint density at radius 1 is 1.17 bits per heavy atom. The first kappa shape index (κ1) is 16.4. The molecule has 1 aromatic heterocycles. The minimum atomic E-state index is -0.464. The molecule has 0 aliphatic carbocycles. The van der Waals surface area contributed by atoms with Gasteiger partial charge in [0.25, 0.3) is 5.91 Å². The topological polar surface area (TPSA) is 51.1 Å². The zero-order valence-corrected chi connectivity index (χ0v) is 14.6. The molecule has 0 fully saturated rings. The van der Waals surface area contributed by atoms with Crippen LogP contribution < -0.4 is 5.32 Å². The van der Waals surface area contributed by atoms with Crippen molar-refractivity contribution in [3.8, 4) is 0 Å². The van der Waals surface area contributed by atoms with Crippen LogP contribution in [0.1, 0.15) is 27.6 Å². The van der Waals surface area contributed by atoms with Gasteiger partial charge in [-0.1, -0.05) is 6.07 Å². The third-order valence-corrected chi connectivity index (χ3v) is 4.38. The number of hydrogen-bond acceptors (Lipinski definition) is 2. The fourth-order valence-corrected chi connectivity index (χ4v) is 3.15. The van der Waals surface area contributed by atoms with Crippen LogP contribution in [0.25, 0.3) is 10.9 Å². The number of nitrogens with one attached hydrogen (secondary N) is 1. The van der Waals surface area contributed by atoms with Gasteiger partial charge in [-0.2, -0.15) is 0 Å². The van der Waals surface area contributed by atoms with E-state index < -0.39 is 11.7 Å². The van der Waals surface area contributed by atoms with Crippen molar-refractivity contribution in [3.05, 3.63) is 64.0 Å². The lowest BCUT2D eigenvalue weighted by molar-refractivity contribution is 0.0941. The van der Waals surface area contributed by atoms with Crippen LogP contribution in [0.5, 0.6) is 0 Å². The number of carbonyl (C=O) groups is 2. The first-order valence-electron chi connectivity index (χ1n) is 7.26. The Labute approximate surface area is 146 Å². The summed E-state index contributed by atoms with van der Waals surface area (Å²) in [5.41, 5.74) is 2.39. The van der Waals surface area contributed by atoms with Crippen molar-refractivity contribution in [3.63, 3.8) is 0 Å². The number of aromatic nitrogens is 1. The fourth-order valence-electron chi connectivity index (χ4n) is 2.55. The summed E-state index contributed by atoms with van der Waals surface area (Å²) >= 11 is 3.40. The van der Waals surface area contributed by atoms with Crippen molar-refractivity contribution in [2.75, 3.05) is 5.32 Å². The number of anilines is 1. The molecule has 1 N–H and O–H groups in total. The molecule has 0 saturated carbocycles. The maximum absolute atomic E-state index is 13.6. The Balaban J connectivity index is 2.06. The molecule has 0 unspecified atom stereocenters. The second kappa shape index (κ2) is 6.20. The van der Waals surface area contributed by atoms with E-state index in [9.17, 15) is 14.0 Å². The number of nitrogens with zero attached hydrogens (tertiary/aromatic N) is 1. The molecule has 1 heterocycles. The second-order valence-corrected chi connectivity index (χ2v) is 6.39. The third-order valence-electron chi connectivity index (χ3n) is 3.72. The molecule has 4 nitrogen and oxygen atoms in total. The number of carbonyl (C=O) groups excluding carboxylic acids is 2. The smallest absolute Gasteiger partial charge is 0.257 e. The molecule has 2 aromatic carbocycles. The van der Waals surface area contributed by atoms with E-state index in [-0.39, 0.29) is 11.5 Å². The van der Waals surface area contributed by atoms with Gasteiger partial charge in [-0.15, -0.1) is 0 Å². The van der Waals surface area contributed by atoms with Gasteiger partial charge in [0.05, 0.1) is 16.8 Å². The molecule has 0 aliphatic heterocycles. The Morgan fingerprint density at radius 3 is 2.58 bits per heavy atom. The lowest BCUT2D eigenvalue weighted by Gasteiger charge is -2.07. The van der Waals surface area contributed by atoms with Crippen molar-refractivity contribution in [2.45, 2.75) is 13.8 Å². The molecule has 24 heavy (non-hydrogen) atoms. The average molecular weight is 389 g/mol. The SMILES string of the molecule is CC(=O)n1cc(C(=O)Nc2ccc(C)cc2Br)c2cc(F)ccc21. The Hall–Kier alpha value is -2.47. The second-order valence-electron chi connectivity index (χ2n) is 5.53. The molecular formula is C18H14BrFN2O2. The van der Waals surface area contributed by atoms with Crippen molar-refractivity contribution in [1.29, 1.82) is 0 Å². The first-order chi connectivity index (χ1) is 11.4. The van der Waals surface area contributed by atoms with Gasteiger partial charge >= 0.3 is 0 Å². The minimum absolute atomic E-state index is 0.243. The van der Waals surface area contributed by atoms with Crippen LogP contribution in [0.3, 0.4) is 0 Å². The van der Waals surface area contributed by atoms with Crippen molar-refractivity contribution in [2.24, 2.45) is 0 Å². The van der Waals surface area contributed by atoms with E-state index in [4.69, 9.17) is 0 Å². The highest BCUT2D eigenvalue weighted by molar-refractivity contribution is 9.10. The number of hydrogen-bond donors (Lipinski definition) is 1. The van der Waals surface area contributed by atoms with E-state index in [1.54, 1.807) is 6.07 Å². The van der Waals surface area contributed by atoms with Gasteiger partial charge in [0.2, 0.25) is 5.91 Å². The van der Waals surface area contributed by atoms with E-state index >= 15 is 0 Å². The van der Waals surface area contributed by atoms with Gasteiger partial charge in [-0.05, 0) is 58.7 Å². The van der Waals surface area contributed by atoms with Gasteiger partial charge in [0, 0.05) is 23.0 Å². The zero-order chi connectivity index (χ0) is 17.4. The molecule has 3 aromatic rings. The summed E-state index contributed by atoms with van der Waals surface area (Å²) in [7, 11) is 0. The van der Waals surface area contributed by atoms with Crippen LogP contribution in [0.4, 0.5) is 10.1 Å². The summed E-state index contributed by atoms with van der Waals surface area (Å²) < 4.78 is 15.7. The zero-order valence-electron chi connectivity index (χ0n) is 13.1. The number of fused-ring (bicyclic) bond motifs is 1. The highest BCUT2D eigenvalue weighted by atomic mass is 79.9. The van der Waals surface area contributed by atoms with E-state index in [2.05, 4.69) is 21.2 Å². The Kier molecular flexibility index (Phi) is 4.24. The lowest BCUT2D eigenvalue weighted by Crippen LogP contribution is -2.12. The van der Waals surface area contributed by atoms with Crippen LogP contribution in [0, 0.1) is 12.7 Å². The van der Waals surface area contributed by atoms with E-state index in [0.29, 0.717) is 16.6 Å². The predicted octanol–water partition coefficient (Wildman–Crippen LogP) is 4.76. The summed E-state index contributed by atoms with van der Waals surface area (Å²) in [6.45, 7) is 3.33. The third kappa shape index (κ3) is 2.97. The maximum atomic E-state index is 13.6. The van der Waals surface area contributed by atoms with E-state index in [0.717, 1.165) is 10.0 Å². The molecule has 6 heteroatoms. The van der Waals surface area contributed by atoms with Gasteiger partial charge < -0.3 is 5.32 Å². The van der Waals surface area contributed by atoms with Crippen LogP contribution in [0.15, 0.2) is 47.1 Å². The molecule has 3 rings (SSSR count). The summed E-state index contributed by atoms with van der Waals surface area (Å²) in [6, 6.07) is 9.55. The van der Waals surface area contributed by atoms with E-state index in [1.807, 2.05) is 19.1 Å². The monoisotopic (exact) mass is 388 g/mol. The number of halogens is 2. The quantitative estimate of drug-likeness (QED) is 0.687. The van der Waals surface area contributed by atoms with Gasteiger partial charge in [-0.3, -0.25) is 14.2 Å². The Bertz CT molecular complexity index is 979. The summed E-state index contributed by atoms with van der Waals surface area (Å²) in [5, 5.41) is 3.18. The predicted molar refractivity (Wildman–Crippen MR) is 95.0 cm³/mol. The normalized spacial score (nSPS) is 10.8. The minimum Gasteiger partial charge on any atom is -0.321 e. The van der Waals surface area contributed by atoms with Crippen molar-refractivity contribution in [1.82, 2.24) is 4.57 Å². The fraction of sp³-hybridized carbons (Fsp3) is 0.111. The molecule has 0 radical (unpaired) electrons. The van der Waals surface area contributed by atoms with Crippen LogP contribution in [-0.4, -0.2) is 16.4 Å². The van der Waals surface area contributed by atoms with Crippen LogP contribution in [0.2, 0.25) is 0 Å². The Morgan fingerprint density at radius 2 is 1.92 bits per heavy atom. The van der Waals surface area contributed by atoms with Gasteiger partial charge in [-0.25, -0.2) is 4.39 Å². The lowest BCUT2D eigenvalue weighted by atomic mass is 10.1. The number of amides is 1. The number of rotatable bonds is 2. The van der Waals surface area contributed by atoms with Crippen LogP contribution >= 0.6 is 15.9 Å². The molecule has 0 spiro atoms. The molecule has 0 atom stereocenters. The highest BCUT2D eigenvalue weighted by Crippen LogP contribution is 2.27. The number of benzene rings is 2. The van der Waals surface area contributed by atoms with Crippen LogP contribution in [-0.2, 0) is 0 Å². The summed E-state index contributed by atoms with van der Waals surface area (Å²) in [4.78, 5) is 24.4. The van der Waals surface area contributed by atoms with Crippen molar-refractivity contribution >= 4 is 44.3 Å². The maximum Gasteiger partial charge on any atom is 0.257 e. The van der Waals surface area contributed by atoms with Crippen molar-refractivity contribution < 1.29 is 14.0 Å². The largest absolute Gasteiger partial charge is 0.321 e. The summed E-state index contributed by atoms with van der Waals surface area (Å²) in [5.74, 6) is -1.12. The molecule has 0 saturated heterocycles. The first-order valence-corrected chi connectivity index (χ1v) is 8.05.